The second-order valence-electron chi connectivity index (χ2n) is 2.74. The van der Waals surface area contributed by atoms with E-state index in [9.17, 15) is 9.59 Å². The fraction of sp³-hybridized carbons (Fsp3) is 0. The Morgan fingerprint density at radius 1 is 1.00 bits per heavy atom. The number of carbonyl (C=O) groups excluding carboxylic acids is 2. The van der Waals surface area contributed by atoms with Crippen LogP contribution >= 0.6 is 11.6 Å². The monoisotopic (exact) mass is 209 g/mol. The number of halogens is 1. The van der Waals surface area contributed by atoms with Crippen LogP contribution in [-0.4, -0.2) is 11.6 Å². The highest BCUT2D eigenvalue weighted by atomic mass is 35.5. The van der Waals surface area contributed by atoms with Crippen LogP contribution in [0.25, 0.3) is 6.08 Å². The molecule has 3 nitrogen and oxygen atoms in total. The van der Waals surface area contributed by atoms with Gasteiger partial charge in [0.2, 0.25) is 11.6 Å². The number of ketones is 2. The van der Waals surface area contributed by atoms with Crippen molar-refractivity contribution in [1.29, 1.82) is 0 Å². The molecule has 72 valence electrons. The Labute approximate surface area is 86.0 Å². The molecular weight excluding hydrogens is 202 g/mol. The van der Waals surface area contributed by atoms with E-state index in [1.807, 2.05) is 0 Å². The number of carbonyl (C=O) groups is 2. The van der Waals surface area contributed by atoms with Crippen molar-refractivity contribution in [1.82, 2.24) is 6.15 Å². The zero-order chi connectivity index (χ0) is 9.42. The summed E-state index contributed by atoms with van der Waals surface area (Å²) in [6.45, 7) is 0. The summed E-state index contributed by atoms with van der Waals surface area (Å²) >= 11 is 5.58. The lowest BCUT2D eigenvalue weighted by molar-refractivity contribution is -0.111. The van der Waals surface area contributed by atoms with Crippen molar-refractivity contribution in [3.8, 4) is 0 Å². The predicted molar refractivity (Wildman–Crippen MR) is 54.6 cm³/mol. The summed E-state index contributed by atoms with van der Waals surface area (Å²) < 4.78 is 0. The Morgan fingerprint density at radius 2 is 1.64 bits per heavy atom. The van der Waals surface area contributed by atoms with Crippen LogP contribution in [0.2, 0.25) is 0 Å². The third-order valence-corrected chi connectivity index (χ3v) is 2.19. The van der Waals surface area contributed by atoms with Crippen LogP contribution in [0.15, 0.2) is 29.3 Å². The Balaban J connectivity index is 0.000000980. The lowest BCUT2D eigenvalue weighted by Gasteiger charge is -2.09. The lowest BCUT2D eigenvalue weighted by Crippen LogP contribution is -2.18. The molecule has 0 amide bonds. The molecule has 2 rings (SSSR count). The van der Waals surface area contributed by atoms with Crippen LogP contribution in [0, 0.1) is 0 Å². The van der Waals surface area contributed by atoms with Crippen molar-refractivity contribution >= 4 is 29.2 Å². The molecule has 0 unspecified atom stereocenters. The van der Waals surface area contributed by atoms with Crippen molar-refractivity contribution in [2.75, 3.05) is 0 Å². The maximum atomic E-state index is 11.4. The van der Waals surface area contributed by atoms with Crippen molar-refractivity contribution in [3.05, 3.63) is 40.4 Å². The predicted octanol–water partition coefficient (Wildman–Crippen LogP) is 2.19. The van der Waals surface area contributed by atoms with Gasteiger partial charge in [-0.2, -0.15) is 0 Å². The lowest BCUT2D eigenvalue weighted by atomic mass is 9.95. The van der Waals surface area contributed by atoms with Gasteiger partial charge in [-0.15, -0.1) is 0 Å². The first-order valence-corrected chi connectivity index (χ1v) is 4.13. The molecule has 1 aliphatic carbocycles. The summed E-state index contributed by atoms with van der Waals surface area (Å²) in [6.07, 6.45) is 1.51. The van der Waals surface area contributed by atoms with Gasteiger partial charge >= 0.3 is 0 Å². The van der Waals surface area contributed by atoms with Crippen molar-refractivity contribution in [2.24, 2.45) is 0 Å². The topological polar surface area (TPSA) is 69.1 Å². The largest absolute Gasteiger partial charge is 0.344 e. The van der Waals surface area contributed by atoms with Crippen molar-refractivity contribution < 1.29 is 9.59 Å². The molecule has 0 fully saturated rings. The van der Waals surface area contributed by atoms with Gasteiger partial charge in [0, 0.05) is 5.56 Å². The van der Waals surface area contributed by atoms with Gasteiger partial charge in [-0.05, 0) is 11.6 Å². The van der Waals surface area contributed by atoms with Gasteiger partial charge in [0.25, 0.3) is 0 Å². The van der Waals surface area contributed by atoms with Crippen LogP contribution in [0.3, 0.4) is 0 Å². The number of benzene rings is 1. The molecule has 0 aromatic heterocycles. The van der Waals surface area contributed by atoms with Crippen LogP contribution in [0.4, 0.5) is 0 Å². The summed E-state index contributed by atoms with van der Waals surface area (Å²) in [4.78, 5) is 22.5. The van der Waals surface area contributed by atoms with Crippen LogP contribution in [0.1, 0.15) is 15.9 Å². The second kappa shape index (κ2) is 3.74. The standard InChI is InChI=1S/C10H5ClO2.H3N/c11-8-5-6-3-1-2-4-7(6)9(12)10(8)13;/h1-5H;1H3. The molecule has 0 atom stereocenters. The number of hydrogen-bond donors (Lipinski definition) is 1. The fourth-order valence-corrected chi connectivity index (χ4v) is 1.47. The Bertz CT molecular complexity index is 438. The highest BCUT2D eigenvalue weighted by Gasteiger charge is 2.25. The van der Waals surface area contributed by atoms with E-state index in [1.54, 1.807) is 24.3 Å². The Hall–Kier alpha value is -1.45. The number of fused-ring (bicyclic) bond motifs is 1. The zero-order valence-electron chi connectivity index (χ0n) is 7.29. The molecule has 1 aromatic carbocycles. The van der Waals surface area contributed by atoms with E-state index in [0.29, 0.717) is 11.1 Å². The number of Topliss-reactive ketones (excluding diaryl/α,β-unsaturated/α-hetero) is 2. The summed E-state index contributed by atoms with van der Waals surface area (Å²) in [5.41, 5.74) is 1.13. The van der Waals surface area contributed by atoms with Crippen LogP contribution in [-0.2, 0) is 4.79 Å². The number of hydrogen-bond acceptors (Lipinski definition) is 3. The third kappa shape index (κ3) is 1.47. The van der Waals surface area contributed by atoms with E-state index in [1.165, 1.54) is 6.08 Å². The normalized spacial score (nSPS) is 14.2. The molecule has 0 heterocycles. The first kappa shape index (κ1) is 10.6. The van der Waals surface area contributed by atoms with Gasteiger partial charge < -0.3 is 6.15 Å². The number of allylic oxidation sites excluding steroid dienone is 1. The summed E-state index contributed by atoms with van der Waals surface area (Å²) in [5, 5.41) is -0.0105. The summed E-state index contributed by atoms with van der Waals surface area (Å²) in [5.74, 6) is -1.15. The highest BCUT2D eigenvalue weighted by molar-refractivity contribution is 6.63. The maximum absolute atomic E-state index is 11.4. The minimum atomic E-state index is -0.625. The van der Waals surface area contributed by atoms with Gasteiger partial charge in [0.15, 0.2) is 0 Å². The molecule has 1 aliphatic rings. The van der Waals surface area contributed by atoms with E-state index in [2.05, 4.69) is 0 Å². The fourth-order valence-electron chi connectivity index (χ4n) is 1.26. The molecule has 3 N–H and O–H groups in total. The maximum Gasteiger partial charge on any atom is 0.244 e. The first-order chi connectivity index (χ1) is 6.20. The Morgan fingerprint density at radius 3 is 2.36 bits per heavy atom. The Kier molecular flexibility index (Phi) is 2.84. The summed E-state index contributed by atoms with van der Waals surface area (Å²) in [7, 11) is 0. The minimum absolute atomic E-state index is 0. The van der Waals surface area contributed by atoms with Crippen molar-refractivity contribution in [2.45, 2.75) is 0 Å². The average molecular weight is 210 g/mol. The highest BCUT2D eigenvalue weighted by Crippen LogP contribution is 2.23. The SMILES string of the molecule is N.O=C1C(=O)c2ccccc2C=C1Cl. The molecule has 0 saturated heterocycles. The van der Waals surface area contributed by atoms with Crippen LogP contribution < -0.4 is 6.15 Å². The third-order valence-electron chi connectivity index (χ3n) is 1.91. The molecule has 0 spiro atoms. The molecule has 14 heavy (non-hydrogen) atoms. The van der Waals surface area contributed by atoms with Gasteiger partial charge in [-0.25, -0.2) is 0 Å². The van der Waals surface area contributed by atoms with E-state index < -0.39 is 11.6 Å². The smallest absolute Gasteiger partial charge is 0.244 e. The van der Waals surface area contributed by atoms with E-state index >= 15 is 0 Å². The quantitative estimate of drug-likeness (QED) is 0.666. The minimum Gasteiger partial charge on any atom is -0.344 e. The second-order valence-corrected chi connectivity index (χ2v) is 3.14. The van der Waals surface area contributed by atoms with Gasteiger partial charge in [-0.1, -0.05) is 35.9 Å². The zero-order valence-corrected chi connectivity index (χ0v) is 8.04. The number of rotatable bonds is 0. The van der Waals surface area contributed by atoms with E-state index in [-0.39, 0.29) is 11.2 Å². The molecule has 0 aliphatic heterocycles. The molecule has 0 bridgehead atoms. The van der Waals surface area contributed by atoms with Gasteiger partial charge in [0.05, 0.1) is 5.03 Å². The molecule has 1 aromatic rings. The molecule has 0 saturated carbocycles. The van der Waals surface area contributed by atoms with Gasteiger partial charge in [0.1, 0.15) is 0 Å². The van der Waals surface area contributed by atoms with Crippen LogP contribution in [0.5, 0.6) is 0 Å². The molecular formula is C10H8ClNO2. The van der Waals surface area contributed by atoms with Gasteiger partial charge in [-0.3, -0.25) is 9.59 Å². The van der Waals surface area contributed by atoms with Crippen molar-refractivity contribution in [3.63, 3.8) is 0 Å². The molecule has 0 radical (unpaired) electrons. The molecule has 4 heteroatoms. The summed E-state index contributed by atoms with van der Waals surface area (Å²) in [6, 6.07) is 6.89. The first-order valence-electron chi connectivity index (χ1n) is 3.75. The van der Waals surface area contributed by atoms with E-state index in [0.717, 1.165) is 0 Å². The van der Waals surface area contributed by atoms with E-state index in [4.69, 9.17) is 11.6 Å². The average Bonchev–Trinajstić information content (AvgIpc) is 2.15.